The lowest BCUT2D eigenvalue weighted by molar-refractivity contribution is -0.136. The molecule has 2 aromatic carbocycles. The van der Waals surface area contributed by atoms with Crippen LogP contribution in [0.1, 0.15) is 24.0 Å². The van der Waals surface area contributed by atoms with Crippen LogP contribution in [0.3, 0.4) is 0 Å². The topological polar surface area (TPSA) is 26.0 Å². The predicted molar refractivity (Wildman–Crippen MR) is 64.0 cm³/mol. The summed E-state index contributed by atoms with van der Waals surface area (Å²) in [5.41, 5.74) is 5.83. The number of hydrogen-bond donors (Lipinski definition) is 1. The van der Waals surface area contributed by atoms with E-state index >= 15 is 0 Å². The molecule has 94 valence electrons. The van der Waals surface area contributed by atoms with E-state index in [0.29, 0.717) is 5.39 Å². The molecule has 1 fully saturated rings. The molecule has 0 aromatic heterocycles. The van der Waals surface area contributed by atoms with Gasteiger partial charge in [-0.2, -0.15) is 13.2 Å². The first-order chi connectivity index (χ1) is 8.40. The lowest BCUT2D eigenvalue weighted by atomic mass is 9.97. The zero-order chi connectivity index (χ0) is 13.0. The SMILES string of the molecule is NC1(c2ccc3cccc(C(F)(F)F)c3c2)CC1. The van der Waals surface area contributed by atoms with Gasteiger partial charge in [0.05, 0.1) is 5.56 Å². The van der Waals surface area contributed by atoms with Crippen LogP contribution in [-0.4, -0.2) is 0 Å². The van der Waals surface area contributed by atoms with Crippen molar-refractivity contribution in [2.75, 3.05) is 0 Å². The maximum absolute atomic E-state index is 12.9. The third kappa shape index (κ3) is 1.77. The molecule has 0 bridgehead atoms. The second-order valence-electron chi connectivity index (χ2n) is 4.90. The summed E-state index contributed by atoms with van der Waals surface area (Å²) in [7, 11) is 0. The van der Waals surface area contributed by atoms with Crippen molar-refractivity contribution in [3.05, 3.63) is 47.5 Å². The molecule has 0 radical (unpaired) electrons. The Balaban J connectivity index is 2.25. The van der Waals surface area contributed by atoms with Crippen LogP contribution in [0.2, 0.25) is 0 Å². The summed E-state index contributed by atoms with van der Waals surface area (Å²) < 4.78 is 38.8. The lowest BCUT2D eigenvalue weighted by Crippen LogP contribution is -2.18. The van der Waals surface area contributed by atoms with Crippen molar-refractivity contribution in [1.82, 2.24) is 0 Å². The van der Waals surface area contributed by atoms with E-state index in [0.717, 1.165) is 24.5 Å². The molecule has 0 amide bonds. The number of benzene rings is 2. The zero-order valence-electron chi connectivity index (χ0n) is 9.59. The summed E-state index contributed by atoms with van der Waals surface area (Å²) in [6.45, 7) is 0. The van der Waals surface area contributed by atoms with Gasteiger partial charge in [-0.15, -0.1) is 0 Å². The second kappa shape index (κ2) is 3.48. The highest BCUT2D eigenvalue weighted by atomic mass is 19.4. The Morgan fingerprint density at radius 3 is 2.39 bits per heavy atom. The van der Waals surface area contributed by atoms with Crippen molar-refractivity contribution in [2.45, 2.75) is 24.6 Å². The minimum absolute atomic E-state index is 0.235. The van der Waals surface area contributed by atoms with Crippen LogP contribution in [-0.2, 0) is 11.7 Å². The van der Waals surface area contributed by atoms with E-state index in [4.69, 9.17) is 5.73 Å². The predicted octanol–water partition coefficient (Wildman–Crippen LogP) is 3.81. The van der Waals surface area contributed by atoms with Gasteiger partial charge >= 0.3 is 6.18 Å². The highest BCUT2D eigenvalue weighted by Gasteiger charge is 2.40. The smallest absolute Gasteiger partial charge is 0.321 e. The maximum Gasteiger partial charge on any atom is 0.417 e. The Morgan fingerprint density at radius 1 is 1.06 bits per heavy atom. The maximum atomic E-state index is 12.9. The summed E-state index contributed by atoms with van der Waals surface area (Å²) in [5.74, 6) is 0. The Bertz CT molecular complexity index is 612. The van der Waals surface area contributed by atoms with Gasteiger partial charge in [0.2, 0.25) is 0 Å². The molecule has 0 aliphatic heterocycles. The molecule has 0 spiro atoms. The summed E-state index contributed by atoms with van der Waals surface area (Å²) in [5, 5.41) is 0.831. The van der Waals surface area contributed by atoms with Gasteiger partial charge in [0.1, 0.15) is 0 Å². The van der Waals surface area contributed by atoms with E-state index in [1.165, 1.54) is 6.07 Å². The van der Waals surface area contributed by atoms with Crippen LogP contribution >= 0.6 is 0 Å². The van der Waals surface area contributed by atoms with Crippen molar-refractivity contribution in [1.29, 1.82) is 0 Å². The van der Waals surface area contributed by atoms with E-state index in [1.54, 1.807) is 18.2 Å². The number of alkyl halides is 3. The van der Waals surface area contributed by atoms with Crippen LogP contribution < -0.4 is 5.73 Å². The van der Waals surface area contributed by atoms with Crippen molar-refractivity contribution in [3.8, 4) is 0 Å². The molecule has 0 saturated heterocycles. The third-order valence-electron chi connectivity index (χ3n) is 3.55. The lowest BCUT2D eigenvalue weighted by Gasteiger charge is -2.14. The van der Waals surface area contributed by atoms with E-state index in [2.05, 4.69) is 0 Å². The van der Waals surface area contributed by atoms with Gasteiger partial charge in [-0.25, -0.2) is 0 Å². The standard InChI is InChI=1S/C14H12F3N/c15-14(16,17)12-3-1-2-9-4-5-10(8-11(9)12)13(18)6-7-13/h1-5,8H,6-7,18H2. The number of nitrogens with two attached hydrogens (primary N) is 1. The number of fused-ring (bicyclic) bond motifs is 1. The van der Waals surface area contributed by atoms with Gasteiger partial charge in [0, 0.05) is 5.54 Å². The molecule has 1 aliphatic carbocycles. The van der Waals surface area contributed by atoms with Gasteiger partial charge in [-0.1, -0.05) is 24.3 Å². The molecule has 18 heavy (non-hydrogen) atoms. The van der Waals surface area contributed by atoms with Gasteiger partial charge in [-0.3, -0.25) is 0 Å². The monoisotopic (exact) mass is 251 g/mol. The molecule has 2 aromatic rings. The molecule has 0 heterocycles. The minimum Gasteiger partial charge on any atom is -0.321 e. The van der Waals surface area contributed by atoms with Crippen molar-refractivity contribution in [3.63, 3.8) is 0 Å². The molecule has 2 N–H and O–H groups in total. The number of hydrogen-bond acceptors (Lipinski definition) is 1. The Hall–Kier alpha value is -1.55. The highest BCUT2D eigenvalue weighted by molar-refractivity contribution is 5.87. The fourth-order valence-corrected chi connectivity index (χ4v) is 2.25. The normalized spacial score (nSPS) is 18.0. The van der Waals surface area contributed by atoms with Crippen molar-refractivity contribution >= 4 is 10.8 Å². The summed E-state index contributed by atoms with van der Waals surface area (Å²) in [6.07, 6.45) is -2.65. The summed E-state index contributed by atoms with van der Waals surface area (Å²) >= 11 is 0. The zero-order valence-corrected chi connectivity index (χ0v) is 9.59. The first-order valence-electron chi connectivity index (χ1n) is 5.79. The average molecular weight is 251 g/mol. The molecule has 1 saturated carbocycles. The van der Waals surface area contributed by atoms with Crippen LogP contribution in [0, 0.1) is 0 Å². The van der Waals surface area contributed by atoms with E-state index < -0.39 is 17.3 Å². The minimum atomic E-state index is -4.33. The third-order valence-corrected chi connectivity index (χ3v) is 3.55. The van der Waals surface area contributed by atoms with Gasteiger partial charge in [-0.05, 0) is 41.3 Å². The Labute approximate surface area is 102 Å². The quantitative estimate of drug-likeness (QED) is 0.819. The van der Waals surface area contributed by atoms with E-state index in [9.17, 15) is 13.2 Å². The van der Waals surface area contributed by atoms with Crippen LogP contribution in [0.15, 0.2) is 36.4 Å². The average Bonchev–Trinajstić information content (AvgIpc) is 3.06. The molecule has 1 aliphatic rings. The van der Waals surface area contributed by atoms with Crippen LogP contribution in [0.25, 0.3) is 10.8 Å². The van der Waals surface area contributed by atoms with Gasteiger partial charge < -0.3 is 5.73 Å². The fourth-order valence-electron chi connectivity index (χ4n) is 2.25. The molecule has 0 atom stereocenters. The molecular weight excluding hydrogens is 239 g/mol. The summed E-state index contributed by atoms with van der Waals surface area (Å²) in [6, 6.07) is 9.36. The largest absolute Gasteiger partial charge is 0.417 e. The molecule has 3 rings (SSSR count). The van der Waals surface area contributed by atoms with Crippen LogP contribution in [0.4, 0.5) is 13.2 Å². The number of halogens is 3. The van der Waals surface area contributed by atoms with E-state index in [1.807, 2.05) is 6.07 Å². The van der Waals surface area contributed by atoms with Crippen molar-refractivity contribution in [2.24, 2.45) is 5.73 Å². The van der Waals surface area contributed by atoms with Crippen molar-refractivity contribution < 1.29 is 13.2 Å². The van der Waals surface area contributed by atoms with Crippen LogP contribution in [0.5, 0.6) is 0 Å². The molecule has 0 unspecified atom stereocenters. The first-order valence-corrected chi connectivity index (χ1v) is 5.79. The molecule has 1 nitrogen and oxygen atoms in total. The Kier molecular flexibility index (Phi) is 2.23. The Morgan fingerprint density at radius 2 is 1.78 bits per heavy atom. The van der Waals surface area contributed by atoms with Gasteiger partial charge in [0.15, 0.2) is 0 Å². The molecular formula is C14H12F3N. The van der Waals surface area contributed by atoms with E-state index in [-0.39, 0.29) is 5.39 Å². The van der Waals surface area contributed by atoms with Gasteiger partial charge in [0.25, 0.3) is 0 Å². The first kappa shape index (κ1) is 11.5. The highest BCUT2D eigenvalue weighted by Crippen LogP contribution is 2.44. The molecule has 4 heteroatoms. The fraction of sp³-hybridized carbons (Fsp3) is 0.286. The second-order valence-corrected chi connectivity index (χ2v) is 4.90. The summed E-state index contributed by atoms with van der Waals surface area (Å²) in [4.78, 5) is 0. The number of rotatable bonds is 1.